The van der Waals surface area contributed by atoms with Gasteiger partial charge >= 0.3 is 0 Å². The van der Waals surface area contributed by atoms with Gasteiger partial charge in [-0.3, -0.25) is 9.69 Å². The molecule has 2 heterocycles. The van der Waals surface area contributed by atoms with E-state index in [0.717, 1.165) is 33.1 Å². The summed E-state index contributed by atoms with van der Waals surface area (Å²) in [6.07, 6.45) is 2.57. The van der Waals surface area contributed by atoms with E-state index in [1.165, 1.54) is 0 Å². The summed E-state index contributed by atoms with van der Waals surface area (Å²) in [4.78, 5) is 35.7. The summed E-state index contributed by atoms with van der Waals surface area (Å²) in [6.45, 7) is 0. The van der Waals surface area contributed by atoms with E-state index < -0.39 is 30.3 Å². The van der Waals surface area contributed by atoms with Gasteiger partial charge < -0.3 is 24.4 Å². The largest absolute Gasteiger partial charge is 0.550 e. The topological polar surface area (TPSA) is 106 Å². The lowest BCUT2D eigenvalue weighted by molar-refractivity contribution is -0.319. The van der Waals surface area contributed by atoms with Crippen LogP contribution in [0.3, 0.4) is 0 Å². The molecule has 26 heavy (non-hydrogen) atoms. The number of nitrogens with zero attached hydrogens (tertiary/aromatic N) is 2. The maximum Gasteiger partial charge on any atom is 0.266 e. The molecule has 1 aromatic carbocycles. The molecule has 1 fully saturated rings. The number of carbonyl (C=O) groups excluding carboxylic acids is 3. The molecule has 0 unspecified atom stereocenters. The summed E-state index contributed by atoms with van der Waals surface area (Å²) < 4.78 is 1.87. The molecular weight excluding hydrogens is 376 g/mol. The van der Waals surface area contributed by atoms with Gasteiger partial charge in [0.1, 0.15) is 4.32 Å². The monoisotopic (exact) mass is 388 g/mol. The Balaban J connectivity index is 1.99. The van der Waals surface area contributed by atoms with Crippen LogP contribution in [0.1, 0.15) is 12.0 Å². The summed E-state index contributed by atoms with van der Waals surface area (Å²) in [6, 6.07) is 5.91. The van der Waals surface area contributed by atoms with Crippen LogP contribution < -0.4 is 10.2 Å². The number of aryl methyl sites for hydroxylation is 1. The van der Waals surface area contributed by atoms with E-state index in [9.17, 15) is 24.6 Å². The maximum atomic E-state index is 12.6. The summed E-state index contributed by atoms with van der Waals surface area (Å²) in [5.74, 6) is -3.97. The lowest BCUT2D eigenvalue weighted by Crippen LogP contribution is -2.52. The van der Waals surface area contributed by atoms with Crippen molar-refractivity contribution >= 4 is 63.1 Å². The number of aromatic nitrogens is 1. The molecule has 1 atom stereocenters. The first-order chi connectivity index (χ1) is 12.3. The standard InChI is InChI=1S/C17H14N2O5S2/c1-18-8-9(10-4-2-3-5-11(10)18)6-13-15(22)19(17(25)26-13)12(16(23)24)7-14(20)21/h2-6,8,12H,7H2,1H3,(H,20,21)(H,23,24)/p-2/b13-6-/t12-/m1/s1. The summed E-state index contributed by atoms with van der Waals surface area (Å²) in [5, 5.41) is 23.0. The zero-order valence-corrected chi connectivity index (χ0v) is 15.1. The molecule has 9 heteroatoms. The van der Waals surface area contributed by atoms with E-state index in [2.05, 4.69) is 0 Å². The molecule has 3 rings (SSSR count). The Labute approximate surface area is 157 Å². The molecule has 0 radical (unpaired) electrons. The lowest BCUT2D eigenvalue weighted by Gasteiger charge is -2.27. The normalized spacial score (nSPS) is 17.3. The molecule has 1 amide bonds. The third-order valence-corrected chi connectivity index (χ3v) is 5.31. The van der Waals surface area contributed by atoms with Crippen molar-refractivity contribution in [2.45, 2.75) is 12.5 Å². The van der Waals surface area contributed by atoms with E-state index >= 15 is 0 Å². The fourth-order valence-corrected chi connectivity index (χ4v) is 4.16. The van der Waals surface area contributed by atoms with E-state index in [1.807, 2.05) is 42.1 Å². The average molecular weight is 388 g/mol. The Morgan fingerprint density at radius 3 is 2.65 bits per heavy atom. The molecule has 134 valence electrons. The molecule has 2 aromatic rings. The molecule has 1 aliphatic rings. The number of carboxylic acids is 2. The summed E-state index contributed by atoms with van der Waals surface area (Å²) >= 11 is 6.00. The number of thioether (sulfide) groups is 1. The third kappa shape index (κ3) is 3.23. The molecule has 0 aliphatic carbocycles. The number of amides is 1. The SMILES string of the molecule is Cn1cc(/C=C2\SC(=S)N([C@H](CC(=O)[O-])C(=O)[O-])C2=O)c2ccccc21. The highest BCUT2D eigenvalue weighted by molar-refractivity contribution is 8.26. The fraction of sp³-hybridized carbons (Fsp3) is 0.176. The van der Waals surface area contributed by atoms with Crippen LogP contribution in [0.25, 0.3) is 17.0 Å². The predicted octanol–water partition coefficient (Wildman–Crippen LogP) is -0.362. The molecule has 0 bridgehead atoms. The summed E-state index contributed by atoms with van der Waals surface area (Å²) in [5.41, 5.74) is 1.74. The van der Waals surface area contributed by atoms with Gasteiger partial charge in [0.25, 0.3) is 5.91 Å². The molecule has 1 aromatic heterocycles. The number of thiocarbonyl (C=S) groups is 1. The summed E-state index contributed by atoms with van der Waals surface area (Å²) in [7, 11) is 1.87. The minimum atomic E-state index is -1.70. The molecule has 1 saturated heterocycles. The highest BCUT2D eigenvalue weighted by atomic mass is 32.2. The zero-order chi connectivity index (χ0) is 19.0. The number of carboxylic acid groups (broad SMARTS) is 2. The minimum absolute atomic E-state index is 0.0306. The second kappa shape index (κ2) is 6.93. The van der Waals surface area contributed by atoms with Crippen LogP contribution in [-0.4, -0.2) is 37.7 Å². The van der Waals surface area contributed by atoms with Gasteiger partial charge in [-0.25, -0.2) is 0 Å². The first-order valence-corrected chi connectivity index (χ1v) is 8.74. The van der Waals surface area contributed by atoms with Gasteiger partial charge in [-0.05, 0) is 12.1 Å². The first kappa shape index (κ1) is 18.2. The van der Waals surface area contributed by atoms with E-state index in [4.69, 9.17) is 12.2 Å². The highest BCUT2D eigenvalue weighted by Gasteiger charge is 2.37. The predicted molar refractivity (Wildman–Crippen MR) is 96.4 cm³/mol. The second-order valence-corrected chi connectivity index (χ2v) is 7.35. The van der Waals surface area contributed by atoms with Crippen molar-refractivity contribution in [1.82, 2.24) is 9.47 Å². The number of para-hydroxylation sites is 1. The van der Waals surface area contributed by atoms with E-state index in [0.29, 0.717) is 0 Å². The number of aliphatic carboxylic acids is 2. The molecule has 0 N–H and O–H groups in total. The number of hydrogen-bond donors (Lipinski definition) is 0. The van der Waals surface area contributed by atoms with Crippen molar-refractivity contribution in [1.29, 1.82) is 0 Å². The van der Waals surface area contributed by atoms with Gasteiger partial charge in [0, 0.05) is 42.1 Å². The highest BCUT2D eigenvalue weighted by Crippen LogP contribution is 2.35. The van der Waals surface area contributed by atoms with Gasteiger partial charge in [0.15, 0.2) is 0 Å². The molecular formula is C17H12N2O5S2-2. The molecule has 0 saturated carbocycles. The maximum absolute atomic E-state index is 12.6. The van der Waals surface area contributed by atoms with Crippen LogP contribution in [0, 0.1) is 0 Å². The molecule has 0 spiro atoms. The van der Waals surface area contributed by atoms with Crippen LogP contribution in [0.5, 0.6) is 0 Å². The van der Waals surface area contributed by atoms with Crippen LogP contribution in [0.15, 0.2) is 35.4 Å². The van der Waals surface area contributed by atoms with Crippen LogP contribution in [0.4, 0.5) is 0 Å². The Morgan fingerprint density at radius 1 is 1.31 bits per heavy atom. The first-order valence-electron chi connectivity index (χ1n) is 7.51. The smallest absolute Gasteiger partial charge is 0.266 e. The fourth-order valence-electron chi connectivity index (χ4n) is 2.82. The second-order valence-electron chi connectivity index (χ2n) is 5.68. The van der Waals surface area contributed by atoms with E-state index in [1.54, 1.807) is 6.08 Å². The number of fused-ring (bicyclic) bond motifs is 1. The molecule has 1 aliphatic heterocycles. The van der Waals surface area contributed by atoms with Crippen molar-refractivity contribution in [2.24, 2.45) is 7.05 Å². The Kier molecular flexibility index (Phi) is 4.84. The number of benzene rings is 1. The number of hydrogen-bond acceptors (Lipinski definition) is 7. The van der Waals surface area contributed by atoms with Crippen molar-refractivity contribution in [3.05, 3.63) is 40.9 Å². The number of rotatable bonds is 5. The Hall–Kier alpha value is -2.65. The van der Waals surface area contributed by atoms with Gasteiger partial charge in [-0.1, -0.05) is 42.2 Å². The van der Waals surface area contributed by atoms with Gasteiger partial charge in [-0.15, -0.1) is 0 Å². The third-order valence-electron chi connectivity index (χ3n) is 3.98. The van der Waals surface area contributed by atoms with Crippen molar-refractivity contribution in [3.8, 4) is 0 Å². The Morgan fingerprint density at radius 2 is 2.00 bits per heavy atom. The quantitative estimate of drug-likeness (QED) is 0.509. The van der Waals surface area contributed by atoms with Crippen molar-refractivity contribution in [3.63, 3.8) is 0 Å². The lowest BCUT2D eigenvalue weighted by atomic mass is 10.1. The van der Waals surface area contributed by atoms with Crippen LogP contribution in [0.2, 0.25) is 0 Å². The van der Waals surface area contributed by atoms with Gasteiger partial charge in [0.2, 0.25) is 0 Å². The Bertz CT molecular complexity index is 979. The van der Waals surface area contributed by atoms with Gasteiger partial charge in [0.05, 0.1) is 16.9 Å². The molecule has 7 nitrogen and oxygen atoms in total. The van der Waals surface area contributed by atoms with Crippen LogP contribution >= 0.6 is 24.0 Å². The average Bonchev–Trinajstić information content (AvgIpc) is 3.03. The van der Waals surface area contributed by atoms with Crippen molar-refractivity contribution in [2.75, 3.05) is 0 Å². The van der Waals surface area contributed by atoms with E-state index in [-0.39, 0.29) is 9.23 Å². The number of carbonyl (C=O) groups is 3. The van der Waals surface area contributed by atoms with Crippen LogP contribution in [-0.2, 0) is 21.4 Å². The van der Waals surface area contributed by atoms with Crippen molar-refractivity contribution < 1.29 is 24.6 Å². The minimum Gasteiger partial charge on any atom is -0.550 e. The zero-order valence-electron chi connectivity index (χ0n) is 13.5. The van der Waals surface area contributed by atoms with Gasteiger partial charge in [-0.2, -0.15) is 0 Å².